The Bertz CT molecular complexity index is 1170. The van der Waals surface area contributed by atoms with Gasteiger partial charge in [-0.25, -0.2) is 0 Å². The third-order valence-electron chi connectivity index (χ3n) is 4.05. The molecule has 10 heteroatoms. The number of rotatable bonds is 6. The van der Waals surface area contributed by atoms with Crippen LogP contribution in [0, 0.1) is 6.92 Å². The average molecular weight is 474 g/mol. The van der Waals surface area contributed by atoms with Crippen molar-refractivity contribution in [1.29, 1.82) is 0 Å². The molecule has 1 amide bonds. The van der Waals surface area contributed by atoms with Crippen molar-refractivity contribution in [2.45, 2.75) is 6.92 Å². The fourth-order valence-electron chi connectivity index (χ4n) is 2.64. The number of methoxy groups -OCH3 is 1. The lowest BCUT2D eigenvalue weighted by molar-refractivity contribution is -0.118. The van der Waals surface area contributed by atoms with E-state index in [-0.39, 0.29) is 12.5 Å². The molecule has 0 aliphatic heterocycles. The molecule has 0 bridgehead atoms. The molecular weight excluding hydrogens is 458 g/mol. The Labute approximate surface area is 178 Å². The summed E-state index contributed by atoms with van der Waals surface area (Å²) in [6.07, 6.45) is 0. The van der Waals surface area contributed by atoms with Crippen LogP contribution in [-0.2, 0) is 4.79 Å². The van der Waals surface area contributed by atoms with E-state index in [0.717, 1.165) is 20.9 Å². The lowest BCUT2D eigenvalue weighted by atomic mass is 10.2. The Morgan fingerprint density at radius 1 is 1.21 bits per heavy atom. The highest BCUT2D eigenvalue weighted by atomic mass is 79.9. The lowest BCUT2D eigenvalue weighted by Crippen LogP contribution is -2.20. The summed E-state index contributed by atoms with van der Waals surface area (Å²) in [5.41, 5.74) is 1.38. The summed E-state index contributed by atoms with van der Waals surface area (Å²) in [5, 5.41) is 16.2. The van der Waals surface area contributed by atoms with Crippen LogP contribution < -0.4 is 14.8 Å². The van der Waals surface area contributed by atoms with E-state index in [0.29, 0.717) is 22.1 Å². The zero-order valence-electron chi connectivity index (χ0n) is 15.5. The minimum absolute atomic E-state index is 0.120. The second-order valence-corrected chi connectivity index (χ2v) is 7.93. The number of aromatic nitrogens is 4. The van der Waals surface area contributed by atoms with Crippen molar-refractivity contribution >= 4 is 43.8 Å². The third-order valence-corrected chi connectivity index (χ3v) is 5.53. The molecule has 8 nitrogen and oxygen atoms in total. The van der Waals surface area contributed by atoms with Gasteiger partial charge in [0.25, 0.3) is 5.91 Å². The van der Waals surface area contributed by atoms with E-state index in [2.05, 4.69) is 36.5 Å². The van der Waals surface area contributed by atoms with Crippen LogP contribution in [0.25, 0.3) is 15.5 Å². The molecule has 0 aliphatic carbocycles. The van der Waals surface area contributed by atoms with Crippen molar-refractivity contribution in [2.75, 3.05) is 19.0 Å². The molecule has 29 heavy (non-hydrogen) atoms. The number of hydrogen-bond donors (Lipinski definition) is 1. The van der Waals surface area contributed by atoms with Gasteiger partial charge in [0, 0.05) is 10.0 Å². The second-order valence-electron chi connectivity index (χ2n) is 6.05. The maximum atomic E-state index is 12.4. The van der Waals surface area contributed by atoms with E-state index in [1.165, 1.54) is 11.3 Å². The molecule has 148 valence electrons. The van der Waals surface area contributed by atoms with Gasteiger partial charge < -0.3 is 14.8 Å². The van der Waals surface area contributed by atoms with Gasteiger partial charge in [-0.2, -0.15) is 9.61 Å². The van der Waals surface area contributed by atoms with Gasteiger partial charge >= 0.3 is 0 Å². The van der Waals surface area contributed by atoms with Crippen LogP contribution in [0.15, 0.2) is 46.9 Å². The van der Waals surface area contributed by atoms with Crippen molar-refractivity contribution in [3.8, 4) is 22.1 Å². The fraction of sp³-hybridized carbons (Fsp3) is 0.158. The van der Waals surface area contributed by atoms with E-state index in [1.54, 1.807) is 29.8 Å². The van der Waals surface area contributed by atoms with Crippen molar-refractivity contribution in [1.82, 2.24) is 19.8 Å². The predicted octanol–water partition coefficient (Wildman–Crippen LogP) is 3.95. The van der Waals surface area contributed by atoms with Gasteiger partial charge in [-0.05, 0) is 49.4 Å². The van der Waals surface area contributed by atoms with E-state index in [9.17, 15) is 4.79 Å². The Morgan fingerprint density at radius 2 is 2.00 bits per heavy atom. The van der Waals surface area contributed by atoms with Crippen molar-refractivity contribution < 1.29 is 14.3 Å². The van der Waals surface area contributed by atoms with Crippen LogP contribution in [0.4, 0.5) is 5.69 Å². The molecule has 0 saturated heterocycles. The molecule has 0 unspecified atom stereocenters. The van der Waals surface area contributed by atoms with Crippen LogP contribution in [0.5, 0.6) is 11.5 Å². The first kappa shape index (κ1) is 19.3. The number of halogens is 1. The van der Waals surface area contributed by atoms with Crippen molar-refractivity contribution in [2.24, 2.45) is 0 Å². The maximum Gasteiger partial charge on any atom is 0.262 e. The largest absolute Gasteiger partial charge is 0.495 e. The lowest BCUT2D eigenvalue weighted by Gasteiger charge is -2.12. The van der Waals surface area contributed by atoms with Crippen LogP contribution in [0.1, 0.15) is 5.82 Å². The zero-order chi connectivity index (χ0) is 20.4. The summed E-state index contributed by atoms with van der Waals surface area (Å²) in [5.74, 6) is 1.58. The molecule has 0 fully saturated rings. The Morgan fingerprint density at radius 3 is 2.72 bits per heavy atom. The maximum absolute atomic E-state index is 12.4. The molecule has 0 aliphatic rings. The van der Waals surface area contributed by atoms with E-state index in [4.69, 9.17) is 9.47 Å². The Balaban J connectivity index is 1.51. The first-order chi connectivity index (χ1) is 14.0. The monoisotopic (exact) mass is 473 g/mol. The fourth-order valence-corrected chi connectivity index (χ4v) is 3.78. The SMILES string of the molecule is COc1ccc(-c2nn3c(C)nnc3s2)cc1NC(=O)COc1ccc(Br)cc1. The van der Waals surface area contributed by atoms with Crippen molar-refractivity contribution in [3.05, 3.63) is 52.8 Å². The van der Waals surface area contributed by atoms with Gasteiger partial charge in [0.15, 0.2) is 12.4 Å². The quantitative estimate of drug-likeness (QED) is 0.455. The summed E-state index contributed by atoms with van der Waals surface area (Å²) in [7, 11) is 1.55. The summed E-state index contributed by atoms with van der Waals surface area (Å²) >= 11 is 4.78. The van der Waals surface area contributed by atoms with Crippen molar-refractivity contribution in [3.63, 3.8) is 0 Å². The normalized spacial score (nSPS) is 10.9. The molecular formula is C19H16BrN5O3S. The van der Waals surface area contributed by atoms with Crippen LogP contribution in [0.2, 0.25) is 0 Å². The number of anilines is 1. The van der Waals surface area contributed by atoms with Crippen LogP contribution in [0.3, 0.4) is 0 Å². The summed E-state index contributed by atoms with van der Waals surface area (Å²) in [6.45, 7) is 1.72. The highest BCUT2D eigenvalue weighted by Crippen LogP contribution is 2.32. The molecule has 0 radical (unpaired) electrons. The van der Waals surface area contributed by atoms with Gasteiger partial charge in [-0.1, -0.05) is 27.3 Å². The van der Waals surface area contributed by atoms with Gasteiger partial charge in [-0.15, -0.1) is 10.2 Å². The number of carbonyl (C=O) groups excluding carboxylic acids is 1. The smallest absolute Gasteiger partial charge is 0.262 e. The first-order valence-corrected chi connectivity index (χ1v) is 10.2. The summed E-state index contributed by atoms with van der Waals surface area (Å²) in [6, 6.07) is 12.8. The molecule has 0 spiro atoms. The highest BCUT2D eigenvalue weighted by molar-refractivity contribution is 9.10. The topological polar surface area (TPSA) is 90.6 Å². The molecule has 4 rings (SSSR count). The summed E-state index contributed by atoms with van der Waals surface area (Å²) < 4.78 is 13.5. The van der Waals surface area contributed by atoms with E-state index < -0.39 is 0 Å². The number of aryl methyl sites for hydroxylation is 1. The number of fused-ring (bicyclic) bond motifs is 1. The second kappa shape index (κ2) is 8.18. The average Bonchev–Trinajstić information content (AvgIpc) is 3.30. The third kappa shape index (κ3) is 4.22. The van der Waals surface area contributed by atoms with Gasteiger partial charge in [0.2, 0.25) is 4.96 Å². The molecule has 4 aromatic rings. The molecule has 0 atom stereocenters. The number of ether oxygens (including phenoxy) is 2. The number of nitrogens with one attached hydrogen (secondary N) is 1. The standard InChI is InChI=1S/C19H16BrN5O3S/c1-11-22-23-19-25(11)24-18(29-19)12-3-8-16(27-2)15(9-12)21-17(26)10-28-14-6-4-13(20)5-7-14/h3-9H,10H2,1-2H3,(H,21,26). The predicted molar refractivity (Wildman–Crippen MR) is 114 cm³/mol. The molecule has 2 aromatic carbocycles. The number of nitrogens with zero attached hydrogens (tertiary/aromatic N) is 4. The molecule has 0 saturated carbocycles. The number of hydrogen-bond acceptors (Lipinski definition) is 7. The number of carbonyl (C=O) groups is 1. The van der Waals surface area contributed by atoms with E-state index >= 15 is 0 Å². The van der Waals surface area contributed by atoms with Crippen LogP contribution >= 0.6 is 27.3 Å². The molecule has 2 aromatic heterocycles. The highest BCUT2D eigenvalue weighted by Gasteiger charge is 2.14. The minimum Gasteiger partial charge on any atom is -0.495 e. The number of amides is 1. The zero-order valence-corrected chi connectivity index (χ0v) is 18.0. The van der Waals surface area contributed by atoms with Crippen LogP contribution in [-0.4, -0.2) is 39.4 Å². The van der Waals surface area contributed by atoms with Gasteiger partial charge in [0.1, 0.15) is 16.5 Å². The van der Waals surface area contributed by atoms with Gasteiger partial charge in [-0.3, -0.25) is 4.79 Å². The minimum atomic E-state index is -0.294. The molecule has 1 N–H and O–H groups in total. The summed E-state index contributed by atoms with van der Waals surface area (Å²) in [4.78, 5) is 13.1. The molecule has 2 heterocycles. The Hall–Kier alpha value is -2.98. The first-order valence-electron chi connectivity index (χ1n) is 8.59. The van der Waals surface area contributed by atoms with Gasteiger partial charge in [0.05, 0.1) is 12.8 Å². The van der Waals surface area contributed by atoms with E-state index in [1.807, 2.05) is 31.2 Å². The Kier molecular flexibility index (Phi) is 5.45. The number of benzene rings is 2.